The fourth-order valence-electron chi connectivity index (χ4n) is 2.59. The van der Waals surface area contributed by atoms with Crippen molar-refractivity contribution < 1.29 is 0 Å². The highest BCUT2D eigenvalue weighted by Gasteiger charge is 2.17. The molecule has 1 aliphatic heterocycles. The van der Waals surface area contributed by atoms with Gasteiger partial charge in [0, 0.05) is 36.9 Å². The Morgan fingerprint density at radius 3 is 2.70 bits per heavy atom. The molecule has 1 aromatic carbocycles. The summed E-state index contributed by atoms with van der Waals surface area (Å²) in [4.78, 5) is 9.25. The van der Waals surface area contributed by atoms with Gasteiger partial charge in [-0.1, -0.05) is 24.6 Å². The number of piperazine rings is 1. The number of hydrogen-bond acceptors (Lipinski definition) is 6. The Bertz CT molecular complexity index is 669. The van der Waals surface area contributed by atoms with Crippen molar-refractivity contribution in [3.8, 4) is 0 Å². The molecule has 122 valence electrons. The summed E-state index contributed by atoms with van der Waals surface area (Å²) in [5.74, 6) is 1.34. The summed E-state index contributed by atoms with van der Waals surface area (Å²) in [5, 5.41) is 12.0. The number of anilines is 3. The van der Waals surface area contributed by atoms with E-state index in [2.05, 4.69) is 37.2 Å². The molecule has 7 heteroatoms. The number of benzene rings is 1. The first-order valence-corrected chi connectivity index (χ1v) is 8.23. The van der Waals surface area contributed by atoms with Gasteiger partial charge in [-0.2, -0.15) is 10.1 Å². The van der Waals surface area contributed by atoms with E-state index in [4.69, 9.17) is 11.6 Å². The molecule has 0 unspecified atom stereocenters. The van der Waals surface area contributed by atoms with E-state index in [1.807, 2.05) is 25.1 Å². The third-order valence-electron chi connectivity index (χ3n) is 4.12. The van der Waals surface area contributed by atoms with Crippen LogP contribution < -0.4 is 10.2 Å². The van der Waals surface area contributed by atoms with Crippen LogP contribution in [-0.2, 0) is 0 Å². The van der Waals surface area contributed by atoms with E-state index >= 15 is 0 Å². The topological polar surface area (TPSA) is 57.2 Å². The molecule has 0 saturated carbocycles. The standard InChI is InChI=1S/C16H21ClN6/c1-3-22-6-8-23(9-7-22)15-11-18-21-16(20-15)19-13-5-4-12(2)14(17)10-13/h4-5,10-11H,3,6-9H2,1-2H3,(H,19,20,21). The van der Waals surface area contributed by atoms with E-state index in [0.717, 1.165) is 54.8 Å². The Morgan fingerprint density at radius 1 is 1.22 bits per heavy atom. The van der Waals surface area contributed by atoms with Gasteiger partial charge in [-0.25, -0.2) is 0 Å². The summed E-state index contributed by atoms with van der Waals surface area (Å²) in [7, 11) is 0. The minimum Gasteiger partial charge on any atom is -0.353 e. The van der Waals surface area contributed by atoms with Gasteiger partial charge in [0.1, 0.15) is 0 Å². The van der Waals surface area contributed by atoms with Crippen molar-refractivity contribution in [2.24, 2.45) is 0 Å². The first-order valence-electron chi connectivity index (χ1n) is 7.86. The van der Waals surface area contributed by atoms with Crippen molar-refractivity contribution in [1.29, 1.82) is 0 Å². The maximum Gasteiger partial charge on any atom is 0.249 e. The summed E-state index contributed by atoms with van der Waals surface area (Å²) >= 11 is 6.15. The molecule has 1 saturated heterocycles. The number of likely N-dealkylation sites (N-methyl/N-ethyl adjacent to an activating group) is 1. The number of halogens is 1. The molecule has 6 nitrogen and oxygen atoms in total. The van der Waals surface area contributed by atoms with Crippen molar-refractivity contribution in [3.05, 3.63) is 35.0 Å². The van der Waals surface area contributed by atoms with Gasteiger partial charge in [0.2, 0.25) is 5.95 Å². The van der Waals surface area contributed by atoms with Crippen molar-refractivity contribution in [3.63, 3.8) is 0 Å². The average molecular weight is 333 g/mol. The molecule has 0 radical (unpaired) electrons. The third kappa shape index (κ3) is 3.89. The summed E-state index contributed by atoms with van der Waals surface area (Å²) in [6, 6.07) is 5.79. The largest absolute Gasteiger partial charge is 0.353 e. The van der Waals surface area contributed by atoms with Crippen LogP contribution in [0, 0.1) is 6.92 Å². The Kier molecular flexibility index (Phi) is 4.93. The zero-order valence-electron chi connectivity index (χ0n) is 13.5. The normalized spacial score (nSPS) is 15.7. The molecule has 0 aliphatic carbocycles. The van der Waals surface area contributed by atoms with Crippen LogP contribution in [0.15, 0.2) is 24.4 Å². The summed E-state index contributed by atoms with van der Waals surface area (Å²) in [6.07, 6.45) is 1.72. The lowest BCUT2D eigenvalue weighted by Gasteiger charge is -2.34. The smallest absolute Gasteiger partial charge is 0.249 e. The van der Waals surface area contributed by atoms with E-state index < -0.39 is 0 Å². The van der Waals surface area contributed by atoms with Crippen LogP contribution in [0.2, 0.25) is 5.02 Å². The van der Waals surface area contributed by atoms with Crippen LogP contribution >= 0.6 is 11.6 Å². The molecule has 1 aromatic heterocycles. The highest BCUT2D eigenvalue weighted by atomic mass is 35.5. The van der Waals surface area contributed by atoms with Gasteiger partial charge >= 0.3 is 0 Å². The zero-order valence-corrected chi connectivity index (χ0v) is 14.2. The van der Waals surface area contributed by atoms with E-state index in [1.165, 1.54) is 0 Å². The predicted octanol–water partition coefficient (Wildman–Crippen LogP) is 2.72. The van der Waals surface area contributed by atoms with Crippen LogP contribution in [0.1, 0.15) is 12.5 Å². The van der Waals surface area contributed by atoms with Gasteiger partial charge in [0.25, 0.3) is 0 Å². The van der Waals surface area contributed by atoms with E-state index in [-0.39, 0.29) is 0 Å². The molecule has 2 aromatic rings. The fourth-order valence-corrected chi connectivity index (χ4v) is 2.77. The van der Waals surface area contributed by atoms with Crippen molar-refractivity contribution >= 4 is 29.1 Å². The summed E-state index contributed by atoms with van der Waals surface area (Å²) in [6.45, 7) is 9.28. The molecule has 3 rings (SSSR count). The Labute approximate surface area is 141 Å². The minimum absolute atomic E-state index is 0.486. The molecule has 23 heavy (non-hydrogen) atoms. The predicted molar refractivity (Wildman–Crippen MR) is 93.6 cm³/mol. The fraction of sp³-hybridized carbons (Fsp3) is 0.438. The summed E-state index contributed by atoms with van der Waals surface area (Å²) < 4.78 is 0. The van der Waals surface area contributed by atoms with E-state index in [9.17, 15) is 0 Å². The van der Waals surface area contributed by atoms with E-state index in [0.29, 0.717) is 5.95 Å². The summed E-state index contributed by atoms with van der Waals surface area (Å²) in [5.41, 5.74) is 1.90. The highest BCUT2D eigenvalue weighted by molar-refractivity contribution is 6.31. The molecule has 0 bridgehead atoms. The molecule has 0 atom stereocenters. The molecule has 1 N–H and O–H groups in total. The Balaban J connectivity index is 1.71. The van der Waals surface area contributed by atoms with Crippen molar-refractivity contribution in [1.82, 2.24) is 20.1 Å². The second-order valence-electron chi connectivity index (χ2n) is 5.65. The molecule has 0 amide bonds. The Hall–Kier alpha value is -1.92. The number of hydrogen-bond donors (Lipinski definition) is 1. The molecule has 1 aliphatic rings. The second-order valence-corrected chi connectivity index (χ2v) is 6.06. The maximum absolute atomic E-state index is 6.15. The second kappa shape index (κ2) is 7.10. The van der Waals surface area contributed by atoms with E-state index in [1.54, 1.807) is 6.20 Å². The quantitative estimate of drug-likeness (QED) is 0.929. The van der Waals surface area contributed by atoms with Gasteiger partial charge < -0.3 is 15.1 Å². The van der Waals surface area contributed by atoms with Gasteiger partial charge in [-0.3, -0.25) is 0 Å². The molecule has 1 fully saturated rings. The SMILES string of the molecule is CCN1CCN(c2cnnc(Nc3ccc(C)c(Cl)c3)n2)CC1. The maximum atomic E-state index is 6.15. The first kappa shape index (κ1) is 16.0. The molecule has 2 heterocycles. The van der Waals surface area contributed by atoms with Crippen LogP contribution in [0.25, 0.3) is 0 Å². The Morgan fingerprint density at radius 2 is 2.00 bits per heavy atom. The van der Waals surface area contributed by atoms with Gasteiger partial charge in [-0.05, 0) is 31.2 Å². The lowest BCUT2D eigenvalue weighted by molar-refractivity contribution is 0.270. The number of aryl methyl sites for hydroxylation is 1. The lowest BCUT2D eigenvalue weighted by Crippen LogP contribution is -2.46. The van der Waals surface area contributed by atoms with Crippen molar-refractivity contribution in [2.75, 3.05) is 42.9 Å². The van der Waals surface area contributed by atoms with Crippen LogP contribution in [0.5, 0.6) is 0 Å². The first-order chi connectivity index (χ1) is 11.2. The number of nitrogens with zero attached hydrogens (tertiary/aromatic N) is 5. The number of rotatable bonds is 4. The molecule has 0 spiro atoms. The lowest BCUT2D eigenvalue weighted by atomic mass is 10.2. The number of nitrogens with one attached hydrogen (secondary N) is 1. The minimum atomic E-state index is 0.486. The van der Waals surface area contributed by atoms with Crippen LogP contribution in [0.4, 0.5) is 17.5 Å². The third-order valence-corrected chi connectivity index (χ3v) is 4.52. The number of aromatic nitrogens is 3. The highest BCUT2D eigenvalue weighted by Crippen LogP contribution is 2.22. The van der Waals surface area contributed by atoms with Crippen molar-refractivity contribution in [2.45, 2.75) is 13.8 Å². The van der Waals surface area contributed by atoms with Crippen LogP contribution in [-0.4, -0.2) is 52.8 Å². The monoisotopic (exact) mass is 332 g/mol. The zero-order chi connectivity index (χ0) is 16.2. The van der Waals surface area contributed by atoms with Gasteiger partial charge in [0.15, 0.2) is 5.82 Å². The van der Waals surface area contributed by atoms with Gasteiger partial charge in [-0.15, -0.1) is 5.10 Å². The average Bonchev–Trinajstić information content (AvgIpc) is 2.58. The molecular formula is C16H21ClN6. The molecular weight excluding hydrogens is 312 g/mol. The van der Waals surface area contributed by atoms with Gasteiger partial charge in [0.05, 0.1) is 6.20 Å². The van der Waals surface area contributed by atoms with Crippen LogP contribution in [0.3, 0.4) is 0 Å².